The molecule has 1 aliphatic rings. The van der Waals surface area contributed by atoms with Gasteiger partial charge in [0.05, 0.1) is 7.11 Å². The molecule has 0 bridgehead atoms. The van der Waals surface area contributed by atoms with Crippen molar-refractivity contribution < 1.29 is 18.8 Å². The van der Waals surface area contributed by atoms with E-state index in [1.807, 2.05) is 19.1 Å². The zero-order valence-electron chi connectivity index (χ0n) is 16.6. The molecular weight excluding hydrogens is 354 g/mol. The molecule has 5 nitrogen and oxygen atoms in total. The quantitative estimate of drug-likeness (QED) is 0.692. The van der Waals surface area contributed by atoms with Crippen LogP contribution in [0.4, 0.5) is 0 Å². The van der Waals surface area contributed by atoms with E-state index >= 15 is 0 Å². The molecule has 2 heterocycles. The van der Waals surface area contributed by atoms with Crippen molar-refractivity contribution >= 4 is 11.0 Å². The zero-order chi connectivity index (χ0) is 19.7. The van der Waals surface area contributed by atoms with E-state index in [0.29, 0.717) is 12.3 Å². The van der Waals surface area contributed by atoms with E-state index in [9.17, 15) is 4.79 Å². The molecule has 2 aromatic carbocycles. The highest BCUT2D eigenvalue weighted by atomic mass is 16.5. The molecule has 1 unspecified atom stereocenters. The van der Waals surface area contributed by atoms with Crippen LogP contribution in [0.25, 0.3) is 11.0 Å². The first-order valence-corrected chi connectivity index (χ1v) is 9.77. The normalized spacial score (nSPS) is 15.9. The Morgan fingerprint density at radius 1 is 1.18 bits per heavy atom. The molecule has 1 atom stereocenters. The van der Waals surface area contributed by atoms with E-state index in [1.54, 1.807) is 13.2 Å². The molecule has 5 heteroatoms. The number of fused-ring (bicyclic) bond motifs is 2. The molecule has 0 spiro atoms. The molecule has 146 valence electrons. The maximum atomic E-state index is 12.0. The summed E-state index contributed by atoms with van der Waals surface area (Å²) >= 11 is 0. The van der Waals surface area contributed by atoms with E-state index in [0.717, 1.165) is 53.9 Å². The topological polar surface area (TPSA) is 53.1 Å². The highest BCUT2D eigenvalue weighted by molar-refractivity contribution is 5.86. The number of rotatable bonds is 5. The van der Waals surface area contributed by atoms with Gasteiger partial charge in [0.2, 0.25) is 6.73 Å². The van der Waals surface area contributed by atoms with E-state index in [2.05, 4.69) is 25.1 Å². The van der Waals surface area contributed by atoms with Crippen molar-refractivity contribution in [1.29, 1.82) is 0 Å². The average molecular weight is 380 g/mol. The van der Waals surface area contributed by atoms with Crippen LogP contribution in [0.15, 0.2) is 45.6 Å². The molecule has 1 aromatic heterocycles. The number of ether oxygens (including phenoxy) is 2. The minimum Gasteiger partial charge on any atom is -0.497 e. The maximum Gasteiger partial charge on any atom is 0.336 e. The molecule has 0 saturated carbocycles. The highest BCUT2D eigenvalue weighted by Gasteiger charge is 2.25. The van der Waals surface area contributed by atoms with Crippen molar-refractivity contribution in [1.82, 2.24) is 0 Å². The van der Waals surface area contributed by atoms with Crippen LogP contribution < -0.4 is 20.0 Å². The van der Waals surface area contributed by atoms with Gasteiger partial charge in [-0.1, -0.05) is 13.3 Å². The summed E-state index contributed by atoms with van der Waals surface area (Å²) < 4.78 is 16.9. The highest BCUT2D eigenvalue weighted by Crippen LogP contribution is 2.33. The Balaban J connectivity index is 1.66. The van der Waals surface area contributed by atoms with Crippen molar-refractivity contribution in [3.8, 4) is 11.5 Å². The summed E-state index contributed by atoms with van der Waals surface area (Å²) in [6.07, 6.45) is 1.85. The summed E-state index contributed by atoms with van der Waals surface area (Å²) in [6, 6.07) is 12.0. The first-order valence-electron chi connectivity index (χ1n) is 9.77. The van der Waals surface area contributed by atoms with Crippen LogP contribution in [0.1, 0.15) is 35.6 Å². The van der Waals surface area contributed by atoms with Crippen LogP contribution in [0.3, 0.4) is 0 Å². The molecule has 1 aliphatic heterocycles. The van der Waals surface area contributed by atoms with Gasteiger partial charge < -0.3 is 13.9 Å². The van der Waals surface area contributed by atoms with E-state index in [1.165, 1.54) is 16.0 Å². The minimum absolute atomic E-state index is 0.290. The Morgan fingerprint density at radius 2 is 1.96 bits per heavy atom. The first-order chi connectivity index (χ1) is 13.6. The van der Waals surface area contributed by atoms with Gasteiger partial charge in [0.1, 0.15) is 30.2 Å². The second kappa shape index (κ2) is 7.68. The molecule has 0 aliphatic carbocycles. The lowest BCUT2D eigenvalue weighted by Crippen LogP contribution is -3.10. The SMILES string of the molecule is CCCc1cc(=O)oc2c(C)c3c(cc12)C[NH+](Cc1ccc(OC)cc1)CO3. The third-order valence-electron chi connectivity index (χ3n) is 5.37. The molecule has 28 heavy (non-hydrogen) atoms. The molecule has 0 fully saturated rings. The fourth-order valence-electron chi connectivity index (χ4n) is 4.02. The zero-order valence-corrected chi connectivity index (χ0v) is 16.6. The second-order valence-corrected chi connectivity index (χ2v) is 7.45. The van der Waals surface area contributed by atoms with Gasteiger partial charge in [-0.15, -0.1) is 0 Å². The monoisotopic (exact) mass is 380 g/mol. The molecule has 3 aromatic rings. The van der Waals surface area contributed by atoms with Gasteiger partial charge in [0.15, 0.2) is 0 Å². The van der Waals surface area contributed by atoms with Gasteiger partial charge in [-0.3, -0.25) is 4.90 Å². The number of hydrogen-bond donors (Lipinski definition) is 1. The fourth-order valence-corrected chi connectivity index (χ4v) is 4.02. The lowest BCUT2D eigenvalue weighted by molar-refractivity contribution is -0.945. The Kier molecular flexibility index (Phi) is 5.09. The van der Waals surface area contributed by atoms with Gasteiger partial charge in [-0.25, -0.2) is 4.79 Å². The number of quaternary nitrogens is 1. The van der Waals surface area contributed by atoms with Crippen molar-refractivity contribution in [3.63, 3.8) is 0 Å². The Bertz CT molecular complexity index is 1050. The second-order valence-electron chi connectivity index (χ2n) is 7.45. The lowest BCUT2D eigenvalue weighted by Gasteiger charge is -2.28. The summed E-state index contributed by atoms with van der Waals surface area (Å²) in [5, 5.41) is 1.03. The number of methoxy groups -OCH3 is 1. The van der Waals surface area contributed by atoms with E-state index in [4.69, 9.17) is 13.9 Å². The van der Waals surface area contributed by atoms with Crippen molar-refractivity contribution in [3.05, 3.63) is 69.1 Å². The standard InChI is InChI=1S/C23H25NO4/c1-4-5-17-11-21(25)28-23-15(2)22-18(10-20(17)23)13-24(14-27-22)12-16-6-8-19(26-3)9-7-16/h6-11H,4-5,12-14H2,1-3H3/p+1. The Morgan fingerprint density at radius 3 is 2.68 bits per heavy atom. The van der Waals surface area contributed by atoms with Gasteiger partial charge in [-0.2, -0.15) is 0 Å². The Hall–Kier alpha value is -2.79. The van der Waals surface area contributed by atoms with Crippen LogP contribution in [0.5, 0.6) is 11.5 Å². The average Bonchev–Trinajstić information content (AvgIpc) is 2.70. The van der Waals surface area contributed by atoms with E-state index < -0.39 is 0 Å². The third kappa shape index (κ3) is 3.50. The molecule has 0 amide bonds. The number of hydrogen-bond acceptors (Lipinski definition) is 4. The van der Waals surface area contributed by atoms with Crippen molar-refractivity contribution in [2.45, 2.75) is 39.8 Å². The van der Waals surface area contributed by atoms with E-state index in [-0.39, 0.29) is 5.63 Å². The summed E-state index contributed by atoms with van der Waals surface area (Å²) in [7, 11) is 1.68. The van der Waals surface area contributed by atoms with Crippen molar-refractivity contribution in [2.24, 2.45) is 0 Å². The lowest BCUT2D eigenvalue weighted by atomic mass is 9.98. The molecule has 0 saturated heterocycles. The van der Waals surface area contributed by atoms with Gasteiger partial charge in [-0.05, 0) is 49.2 Å². The minimum atomic E-state index is -0.290. The summed E-state index contributed by atoms with van der Waals surface area (Å²) in [5.41, 5.74) is 4.77. The van der Waals surface area contributed by atoms with Crippen LogP contribution >= 0.6 is 0 Å². The predicted molar refractivity (Wildman–Crippen MR) is 108 cm³/mol. The number of aryl methyl sites for hydroxylation is 2. The first kappa shape index (κ1) is 18.6. The van der Waals surface area contributed by atoms with Gasteiger partial charge in [0, 0.05) is 28.1 Å². The van der Waals surface area contributed by atoms with Gasteiger partial charge in [0.25, 0.3) is 0 Å². The number of nitrogens with one attached hydrogen (secondary N) is 1. The van der Waals surface area contributed by atoms with Crippen LogP contribution in [0.2, 0.25) is 0 Å². The maximum absolute atomic E-state index is 12.0. The summed E-state index contributed by atoms with van der Waals surface area (Å²) in [4.78, 5) is 13.3. The number of benzene rings is 2. The van der Waals surface area contributed by atoms with Crippen molar-refractivity contribution in [2.75, 3.05) is 13.8 Å². The largest absolute Gasteiger partial charge is 0.497 e. The summed E-state index contributed by atoms with van der Waals surface area (Å²) in [6.45, 7) is 6.45. The van der Waals surface area contributed by atoms with Crippen LogP contribution in [0, 0.1) is 6.92 Å². The van der Waals surface area contributed by atoms with Crippen LogP contribution in [-0.2, 0) is 19.5 Å². The molecule has 4 rings (SSSR count). The molecule has 1 N–H and O–H groups in total. The fraction of sp³-hybridized carbons (Fsp3) is 0.348. The van der Waals surface area contributed by atoms with Gasteiger partial charge >= 0.3 is 5.63 Å². The molecular formula is C23H26NO4+. The predicted octanol–water partition coefficient (Wildman–Crippen LogP) is 3.00. The molecule has 0 radical (unpaired) electrons. The third-order valence-corrected chi connectivity index (χ3v) is 5.37. The Labute approximate surface area is 164 Å². The summed E-state index contributed by atoms with van der Waals surface area (Å²) in [5.74, 6) is 1.73. The van der Waals surface area contributed by atoms with Crippen LogP contribution in [-0.4, -0.2) is 13.8 Å². The smallest absolute Gasteiger partial charge is 0.336 e.